The molecule has 0 aliphatic heterocycles. The van der Waals surface area contributed by atoms with Crippen molar-refractivity contribution in [1.82, 2.24) is 9.97 Å². The average Bonchev–Trinajstić information content (AvgIpc) is 2.67. The molecular formula is C22H25FN2. The molecule has 2 aromatic rings. The van der Waals surface area contributed by atoms with Crippen LogP contribution in [0.2, 0.25) is 0 Å². The predicted molar refractivity (Wildman–Crippen MR) is 99.3 cm³/mol. The minimum absolute atomic E-state index is 0.254. The van der Waals surface area contributed by atoms with Crippen LogP contribution in [0.5, 0.6) is 0 Å². The van der Waals surface area contributed by atoms with Gasteiger partial charge in [-0.3, -0.25) is 0 Å². The molecule has 25 heavy (non-hydrogen) atoms. The standard InChI is InChI=1S/C22H25FN2/c1-2-3-4-17-5-7-18(8-6-17)9-10-19-15-24-22(25-16-19)20-11-13-21(23)14-12-20/h11-18H,2-8H2,1H3. The van der Waals surface area contributed by atoms with E-state index >= 15 is 0 Å². The molecule has 1 aromatic heterocycles. The van der Waals surface area contributed by atoms with Crippen LogP contribution >= 0.6 is 0 Å². The fourth-order valence-electron chi connectivity index (χ4n) is 3.41. The molecule has 1 aliphatic carbocycles. The van der Waals surface area contributed by atoms with Gasteiger partial charge in [-0.15, -0.1) is 0 Å². The lowest BCUT2D eigenvalue weighted by Gasteiger charge is -2.25. The van der Waals surface area contributed by atoms with Gasteiger partial charge in [-0.05, 0) is 55.9 Å². The number of halogens is 1. The summed E-state index contributed by atoms with van der Waals surface area (Å²) in [6.07, 6.45) is 12.6. The van der Waals surface area contributed by atoms with Gasteiger partial charge in [0.25, 0.3) is 0 Å². The molecule has 0 spiro atoms. The zero-order valence-electron chi connectivity index (χ0n) is 14.8. The monoisotopic (exact) mass is 336 g/mol. The molecule has 0 bridgehead atoms. The van der Waals surface area contributed by atoms with E-state index in [9.17, 15) is 4.39 Å². The molecule has 0 radical (unpaired) electrons. The normalized spacial score (nSPS) is 19.9. The largest absolute Gasteiger partial charge is 0.235 e. The van der Waals surface area contributed by atoms with Crippen LogP contribution < -0.4 is 0 Å². The van der Waals surface area contributed by atoms with Gasteiger partial charge in [0.1, 0.15) is 5.82 Å². The van der Waals surface area contributed by atoms with Crippen LogP contribution in [0.1, 0.15) is 57.4 Å². The summed E-state index contributed by atoms with van der Waals surface area (Å²) in [5.74, 6) is 8.39. The summed E-state index contributed by atoms with van der Waals surface area (Å²) in [5.41, 5.74) is 1.66. The highest BCUT2D eigenvalue weighted by Gasteiger charge is 2.19. The molecule has 0 atom stereocenters. The van der Waals surface area contributed by atoms with E-state index in [0.29, 0.717) is 11.7 Å². The van der Waals surface area contributed by atoms with Crippen molar-refractivity contribution in [3.8, 4) is 23.2 Å². The van der Waals surface area contributed by atoms with E-state index in [0.717, 1.165) is 17.0 Å². The van der Waals surface area contributed by atoms with Crippen molar-refractivity contribution in [2.75, 3.05) is 0 Å². The minimum atomic E-state index is -0.254. The first-order valence-corrected chi connectivity index (χ1v) is 9.34. The molecule has 0 amide bonds. The molecule has 130 valence electrons. The molecule has 1 aliphatic rings. The Labute approximate surface area is 149 Å². The van der Waals surface area contributed by atoms with Crippen LogP contribution in [0.15, 0.2) is 36.7 Å². The molecular weight excluding hydrogens is 311 g/mol. The van der Waals surface area contributed by atoms with Gasteiger partial charge >= 0.3 is 0 Å². The highest BCUT2D eigenvalue weighted by molar-refractivity contribution is 5.54. The quantitative estimate of drug-likeness (QED) is 0.676. The SMILES string of the molecule is CCCCC1CCC(C#Cc2cnc(-c3ccc(F)cc3)nc2)CC1. The lowest BCUT2D eigenvalue weighted by atomic mass is 9.80. The van der Waals surface area contributed by atoms with Gasteiger partial charge in [0.2, 0.25) is 0 Å². The van der Waals surface area contributed by atoms with Crippen molar-refractivity contribution in [2.45, 2.75) is 51.9 Å². The number of aromatic nitrogens is 2. The molecule has 0 saturated heterocycles. The Kier molecular flexibility index (Phi) is 6.17. The number of benzene rings is 1. The maximum absolute atomic E-state index is 13.0. The second-order valence-corrected chi connectivity index (χ2v) is 6.93. The van der Waals surface area contributed by atoms with Gasteiger partial charge in [-0.2, -0.15) is 0 Å². The fraction of sp³-hybridized carbons (Fsp3) is 0.455. The Balaban J connectivity index is 1.56. The highest BCUT2D eigenvalue weighted by atomic mass is 19.1. The van der Waals surface area contributed by atoms with E-state index in [2.05, 4.69) is 28.7 Å². The third-order valence-electron chi connectivity index (χ3n) is 4.99. The Morgan fingerprint density at radius 2 is 1.72 bits per heavy atom. The molecule has 3 rings (SSSR count). The topological polar surface area (TPSA) is 25.8 Å². The zero-order valence-corrected chi connectivity index (χ0v) is 14.8. The lowest BCUT2D eigenvalue weighted by molar-refractivity contribution is 0.296. The second-order valence-electron chi connectivity index (χ2n) is 6.93. The van der Waals surface area contributed by atoms with Crippen LogP contribution in [0.4, 0.5) is 4.39 Å². The number of hydrogen-bond acceptors (Lipinski definition) is 2. The Bertz CT molecular complexity index is 717. The summed E-state index contributed by atoms with van der Waals surface area (Å²) in [5, 5.41) is 0. The first-order chi connectivity index (χ1) is 12.2. The van der Waals surface area contributed by atoms with Crippen molar-refractivity contribution in [1.29, 1.82) is 0 Å². The average molecular weight is 336 g/mol. The maximum atomic E-state index is 13.0. The van der Waals surface area contributed by atoms with Crippen LogP contribution in [0.25, 0.3) is 11.4 Å². The summed E-state index contributed by atoms with van der Waals surface area (Å²) in [6.45, 7) is 2.26. The minimum Gasteiger partial charge on any atom is -0.235 e. The van der Waals surface area contributed by atoms with E-state index in [4.69, 9.17) is 0 Å². The first kappa shape index (κ1) is 17.6. The lowest BCUT2D eigenvalue weighted by Crippen LogP contribution is -2.13. The Morgan fingerprint density at radius 1 is 1.04 bits per heavy atom. The van der Waals surface area contributed by atoms with Crippen molar-refractivity contribution in [3.63, 3.8) is 0 Å². The Hall–Kier alpha value is -2.21. The molecule has 3 heteroatoms. The molecule has 0 N–H and O–H groups in total. The van der Waals surface area contributed by atoms with E-state index in [-0.39, 0.29) is 5.82 Å². The van der Waals surface area contributed by atoms with Gasteiger partial charge < -0.3 is 0 Å². The summed E-state index contributed by atoms with van der Waals surface area (Å²) in [6, 6.07) is 6.21. The molecule has 1 fully saturated rings. The van der Waals surface area contributed by atoms with Crippen molar-refractivity contribution in [3.05, 3.63) is 48.0 Å². The van der Waals surface area contributed by atoms with Crippen LogP contribution in [0.3, 0.4) is 0 Å². The van der Waals surface area contributed by atoms with E-state index < -0.39 is 0 Å². The summed E-state index contributed by atoms with van der Waals surface area (Å²) >= 11 is 0. The number of nitrogens with zero attached hydrogens (tertiary/aromatic N) is 2. The second kappa shape index (κ2) is 8.76. The predicted octanol–water partition coefficient (Wildman–Crippen LogP) is 5.63. The van der Waals surface area contributed by atoms with Crippen LogP contribution in [0, 0.1) is 29.5 Å². The van der Waals surface area contributed by atoms with Crippen LogP contribution in [-0.2, 0) is 0 Å². The van der Waals surface area contributed by atoms with Crippen molar-refractivity contribution >= 4 is 0 Å². The summed E-state index contributed by atoms with van der Waals surface area (Å²) in [7, 11) is 0. The van der Waals surface area contributed by atoms with Gasteiger partial charge in [0.15, 0.2) is 5.82 Å². The van der Waals surface area contributed by atoms with E-state index in [1.165, 1.54) is 57.1 Å². The number of hydrogen-bond donors (Lipinski definition) is 0. The van der Waals surface area contributed by atoms with Gasteiger partial charge in [0.05, 0.1) is 5.56 Å². The fourth-order valence-corrected chi connectivity index (χ4v) is 3.41. The van der Waals surface area contributed by atoms with Gasteiger partial charge in [-0.1, -0.05) is 38.0 Å². The maximum Gasteiger partial charge on any atom is 0.159 e. The molecule has 1 heterocycles. The molecule has 1 saturated carbocycles. The first-order valence-electron chi connectivity index (χ1n) is 9.34. The molecule has 2 nitrogen and oxygen atoms in total. The molecule has 1 aromatic carbocycles. The van der Waals surface area contributed by atoms with Gasteiger partial charge in [-0.25, -0.2) is 14.4 Å². The number of unbranched alkanes of at least 4 members (excludes halogenated alkanes) is 1. The third kappa shape index (κ3) is 5.13. The van der Waals surface area contributed by atoms with Crippen LogP contribution in [-0.4, -0.2) is 9.97 Å². The van der Waals surface area contributed by atoms with Gasteiger partial charge in [0, 0.05) is 23.9 Å². The Morgan fingerprint density at radius 3 is 2.36 bits per heavy atom. The number of rotatable bonds is 4. The summed E-state index contributed by atoms with van der Waals surface area (Å²) in [4.78, 5) is 8.70. The third-order valence-corrected chi connectivity index (χ3v) is 4.99. The van der Waals surface area contributed by atoms with E-state index in [1.807, 2.05) is 0 Å². The highest BCUT2D eigenvalue weighted by Crippen LogP contribution is 2.31. The van der Waals surface area contributed by atoms with Crippen molar-refractivity contribution < 1.29 is 4.39 Å². The zero-order chi connectivity index (χ0) is 17.5. The van der Waals surface area contributed by atoms with Crippen molar-refractivity contribution in [2.24, 2.45) is 11.8 Å². The summed E-state index contributed by atoms with van der Waals surface area (Å²) < 4.78 is 13.0. The van der Waals surface area contributed by atoms with E-state index in [1.54, 1.807) is 24.5 Å². The smallest absolute Gasteiger partial charge is 0.159 e. The molecule has 0 unspecified atom stereocenters.